The van der Waals surface area contributed by atoms with E-state index in [0.717, 1.165) is 3.57 Å². The third-order valence-corrected chi connectivity index (χ3v) is 8.02. The molecular formula is C25H22I2N2O6S. The van der Waals surface area contributed by atoms with Crippen LogP contribution in [0.3, 0.4) is 0 Å². The number of rotatable bonds is 6. The summed E-state index contributed by atoms with van der Waals surface area (Å²) in [6, 6.07) is 8.04. The first kappa shape index (κ1) is 26.7. The molecule has 0 radical (unpaired) electrons. The number of thiazole rings is 1. The minimum Gasteiger partial charge on any atom is -0.506 e. The molecule has 0 unspecified atom stereocenters. The first-order chi connectivity index (χ1) is 17.2. The minimum absolute atomic E-state index is 0.0959. The number of methoxy groups -OCH3 is 2. The van der Waals surface area contributed by atoms with Gasteiger partial charge in [0, 0.05) is 20.8 Å². The molecule has 1 aromatic heterocycles. The van der Waals surface area contributed by atoms with E-state index in [4.69, 9.17) is 14.2 Å². The van der Waals surface area contributed by atoms with Crippen LogP contribution in [-0.4, -0.2) is 36.5 Å². The van der Waals surface area contributed by atoms with E-state index in [1.54, 1.807) is 51.3 Å². The normalized spacial score (nSPS) is 15.4. The minimum atomic E-state index is -0.826. The van der Waals surface area contributed by atoms with Gasteiger partial charge in [-0.25, -0.2) is 9.79 Å². The Bertz CT molecular complexity index is 1570. The molecule has 0 amide bonds. The number of fused-ring (bicyclic) bond motifs is 1. The molecule has 8 nitrogen and oxygen atoms in total. The Hall–Kier alpha value is -2.39. The molecule has 36 heavy (non-hydrogen) atoms. The van der Waals surface area contributed by atoms with Gasteiger partial charge in [0.25, 0.3) is 5.56 Å². The zero-order valence-electron chi connectivity index (χ0n) is 19.8. The highest BCUT2D eigenvalue weighted by molar-refractivity contribution is 14.1. The van der Waals surface area contributed by atoms with Crippen molar-refractivity contribution in [2.75, 3.05) is 20.8 Å². The Kier molecular flexibility index (Phi) is 8.09. The van der Waals surface area contributed by atoms with Crippen LogP contribution in [0.1, 0.15) is 31.0 Å². The second kappa shape index (κ2) is 10.9. The summed E-state index contributed by atoms with van der Waals surface area (Å²) in [5, 5.41) is 10.6. The number of phenolic OH excluding ortho intramolecular Hbond substituents is 1. The van der Waals surface area contributed by atoms with E-state index >= 15 is 0 Å². The number of allylic oxidation sites excluding steroid dienone is 1. The summed E-state index contributed by atoms with van der Waals surface area (Å²) in [5.41, 5.74) is 1.48. The zero-order valence-corrected chi connectivity index (χ0v) is 24.9. The van der Waals surface area contributed by atoms with Crippen LogP contribution in [0.4, 0.5) is 0 Å². The largest absolute Gasteiger partial charge is 0.506 e. The van der Waals surface area contributed by atoms with Crippen LogP contribution in [0.5, 0.6) is 17.2 Å². The van der Waals surface area contributed by atoms with Crippen LogP contribution in [0, 0.1) is 7.14 Å². The van der Waals surface area contributed by atoms with Gasteiger partial charge in [-0.15, -0.1) is 0 Å². The third kappa shape index (κ3) is 4.92. The van der Waals surface area contributed by atoms with Crippen molar-refractivity contribution in [2.45, 2.75) is 19.9 Å². The van der Waals surface area contributed by atoms with Crippen molar-refractivity contribution in [3.63, 3.8) is 0 Å². The van der Waals surface area contributed by atoms with Crippen molar-refractivity contribution in [1.82, 2.24) is 4.57 Å². The van der Waals surface area contributed by atoms with E-state index in [1.165, 1.54) is 23.0 Å². The lowest BCUT2D eigenvalue weighted by Gasteiger charge is -2.26. The molecule has 3 aromatic rings. The summed E-state index contributed by atoms with van der Waals surface area (Å²) >= 11 is 5.40. The van der Waals surface area contributed by atoms with Crippen LogP contribution in [0.15, 0.2) is 51.4 Å². The van der Waals surface area contributed by atoms with Gasteiger partial charge in [0.15, 0.2) is 4.80 Å². The molecule has 0 fully saturated rings. The number of hydrogen-bond donors (Lipinski definition) is 1. The van der Waals surface area contributed by atoms with E-state index in [-0.39, 0.29) is 23.5 Å². The fourth-order valence-electron chi connectivity index (χ4n) is 3.97. The maximum Gasteiger partial charge on any atom is 0.338 e. The van der Waals surface area contributed by atoms with Crippen LogP contribution in [0.2, 0.25) is 0 Å². The van der Waals surface area contributed by atoms with Crippen molar-refractivity contribution in [3.8, 4) is 17.2 Å². The molecule has 1 N–H and O–H groups in total. The topological polar surface area (TPSA) is 99.4 Å². The molecule has 4 rings (SSSR count). The first-order valence-electron chi connectivity index (χ1n) is 10.8. The van der Waals surface area contributed by atoms with Gasteiger partial charge in [0.1, 0.15) is 23.3 Å². The molecule has 0 saturated heterocycles. The summed E-state index contributed by atoms with van der Waals surface area (Å²) in [5.74, 6) is 0.569. The number of carbonyl (C=O) groups excluding carboxylic acids is 1. The molecule has 1 aliphatic heterocycles. The maximum absolute atomic E-state index is 13.8. The number of phenols is 1. The summed E-state index contributed by atoms with van der Waals surface area (Å²) < 4.78 is 19.8. The van der Waals surface area contributed by atoms with Gasteiger partial charge in [-0.3, -0.25) is 9.36 Å². The molecule has 0 spiro atoms. The highest BCUT2D eigenvalue weighted by Gasteiger charge is 2.35. The van der Waals surface area contributed by atoms with Crippen LogP contribution in [-0.2, 0) is 9.53 Å². The summed E-state index contributed by atoms with van der Waals surface area (Å²) in [6.45, 7) is 3.62. The van der Waals surface area contributed by atoms with Crippen molar-refractivity contribution in [3.05, 3.63) is 79.6 Å². The second-order valence-electron chi connectivity index (χ2n) is 7.74. The standard InChI is InChI=1S/C25H22I2N2O6S/c1-5-35-24(32)20-12(2)28-25-29(21(20)16-7-6-15(33-3)11-18(16)34-4)23(31)19(36-25)9-13-8-14(26)10-17(27)22(13)30/h6-11,21,30H,5H2,1-4H3/b19-9-/t21-/m0/s1. The molecule has 1 atom stereocenters. The Morgan fingerprint density at radius 1 is 1.22 bits per heavy atom. The second-order valence-corrected chi connectivity index (χ2v) is 11.2. The summed E-state index contributed by atoms with van der Waals surface area (Å²) in [4.78, 5) is 31.9. The van der Waals surface area contributed by atoms with Gasteiger partial charge in [0.05, 0.1) is 40.2 Å². The molecule has 188 valence electrons. The molecule has 0 saturated carbocycles. The fraction of sp³-hybridized carbons (Fsp3) is 0.240. The highest BCUT2D eigenvalue weighted by Crippen LogP contribution is 2.37. The third-order valence-electron chi connectivity index (χ3n) is 5.60. The lowest BCUT2D eigenvalue weighted by atomic mass is 9.95. The lowest BCUT2D eigenvalue weighted by Crippen LogP contribution is -2.40. The molecule has 0 bridgehead atoms. The van der Waals surface area contributed by atoms with Gasteiger partial charge in [0.2, 0.25) is 0 Å². The number of aromatic nitrogens is 1. The lowest BCUT2D eigenvalue weighted by molar-refractivity contribution is -0.139. The van der Waals surface area contributed by atoms with Crippen LogP contribution in [0.25, 0.3) is 6.08 Å². The Labute approximate surface area is 238 Å². The highest BCUT2D eigenvalue weighted by atomic mass is 127. The number of benzene rings is 2. The molecule has 2 heterocycles. The van der Waals surface area contributed by atoms with E-state index in [1.807, 2.05) is 6.07 Å². The summed E-state index contributed by atoms with van der Waals surface area (Å²) in [7, 11) is 3.07. The number of carbonyl (C=O) groups is 1. The van der Waals surface area contributed by atoms with E-state index < -0.39 is 12.0 Å². The van der Waals surface area contributed by atoms with Crippen molar-refractivity contribution >= 4 is 68.6 Å². The van der Waals surface area contributed by atoms with Gasteiger partial charge >= 0.3 is 5.97 Å². The van der Waals surface area contributed by atoms with Crippen molar-refractivity contribution < 1.29 is 24.1 Å². The molecule has 11 heteroatoms. The number of halogens is 2. The zero-order chi connectivity index (χ0) is 26.1. The quantitative estimate of drug-likeness (QED) is 0.307. The van der Waals surface area contributed by atoms with Crippen LogP contribution < -0.4 is 24.4 Å². The van der Waals surface area contributed by atoms with Crippen LogP contribution >= 0.6 is 56.5 Å². The SMILES string of the molecule is CCOC(=O)C1=C(C)N=c2s/c(=C\c3cc(I)cc(I)c3O)c(=O)n2[C@H]1c1ccc(OC)cc1OC. The molecular weight excluding hydrogens is 710 g/mol. The number of ether oxygens (including phenoxy) is 3. The van der Waals surface area contributed by atoms with Gasteiger partial charge < -0.3 is 19.3 Å². The fourth-order valence-corrected chi connectivity index (χ4v) is 6.89. The van der Waals surface area contributed by atoms with E-state index in [9.17, 15) is 14.7 Å². The van der Waals surface area contributed by atoms with Crippen molar-refractivity contribution in [1.29, 1.82) is 0 Å². The Morgan fingerprint density at radius 2 is 1.97 bits per heavy atom. The first-order valence-corrected chi connectivity index (χ1v) is 13.8. The van der Waals surface area contributed by atoms with Gasteiger partial charge in [-0.1, -0.05) is 11.3 Å². The van der Waals surface area contributed by atoms with Gasteiger partial charge in [-0.05, 0) is 89.4 Å². The number of aromatic hydroxyl groups is 1. The van der Waals surface area contributed by atoms with Crippen molar-refractivity contribution in [2.24, 2.45) is 4.99 Å². The maximum atomic E-state index is 13.8. The van der Waals surface area contributed by atoms with E-state index in [2.05, 4.69) is 50.2 Å². The average molecular weight is 732 g/mol. The molecule has 2 aromatic carbocycles. The molecule has 0 aliphatic carbocycles. The Balaban J connectivity index is 2.02. The monoisotopic (exact) mass is 732 g/mol. The number of esters is 1. The van der Waals surface area contributed by atoms with E-state index in [0.29, 0.717) is 41.2 Å². The average Bonchev–Trinajstić information content (AvgIpc) is 3.15. The summed E-state index contributed by atoms with van der Waals surface area (Å²) in [6.07, 6.45) is 1.65. The predicted octanol–water partition coefficient (Wildman–Crippen LogP) is 3.73. The smallest absolute Gasteiger partial charge is 0.338 e. The number of nitrogens with zero attached hydrogens (tertiary/aromatic N) is 2. The Morgan fingerprint density at radius 3 is 2.64 bits per heavy atom. The number of hydrogen-bond acceptors (Lipinski definition) is 8. The van der Waals surface area contributed by atoms with Gasteiger partial charge in [-0.2, -0.15) is 0 Å². The predicted molar refractivity (Wildman–Crippen MR) is 153 cm³/mol. The molecule has 1 aliphatic rings.